The fourth-order valence-electron chi connectivity index (χ4n) is 3.27. The highest BCUT2D eigenvalue weighted by Crippen LogP contribution is 2.58. The SMILES string of the molecule is CC(C)[P+](c1ccccc1)(c1ccccc1)c1cccc(=O)[nH]1. The Morgan fingerprint density at radius 1 is 0.739 bits per heavy atom. The van der Waals surface area contributed by atoms with Crippen molar-refractivity contribution in [3.8, 4) is 0 Å². The molecule has 3 aromatic rings. The molecule has 0 amide bonds. The molecule has 2 aromatic carbocycles. The zero-order valence-electron chi connectivity index (χ0n) is 13.4. The van der Waals surface area contributed by atoms with Gasteiger partial charge in [-0.3, -0.25) is 9.78 Å². The van der Waals surface area contributed by atoms with Crippen LogP contribution in [0.2, 0.25) is 0 Å². The fourth-order valence-corrected chi connectivity index (χ4v) is 7.77. The third kappa shape index (κ3) is 2.75. The first-order valence-corrected chi connectivity index (χ1v) is 9.71. The monoisotopic (exact) mass is 322 g/mol. The summed E-state index contributed by atoms with van der Waals surface area (Å²) in [4.78, 5) is 15.1. The highest BCUT2D eigenvalue weighted by Gasteiger charge is 2.49. The minimum absolute atomic E-state index is 0.0422. The summed E-state index contributed by atoms with van der Waals surface area (Å²) >= 11 is 0. The van der Waals surface area contributed by atoms with Crippen molar-refractivity contribution in [2.45, 2.75) is 19.5 Å². The molecule has 3 rings (SSSR count). The summed E-state index contributed by atoms with van der Waals surface area (Å²) < 4.78 is 0. The summed E-state index contributed by atoms with van der Waals surface area (Å²) in [7, 11) is -1.91. The highest BCUT2D eigenvalue weighted by atomic mass is 31.2. The topological polar surface area (TPSA) is 32.9 Å². The molecule has 0 bridgehead atoms. The zero-order chi connectivity index (χ0) is 16.3. The van der Waals surface area contributed by atoms with Crippen molar-refractivity contribution in [3.05, 3.63) is 89.2 Å². The summed E-state index contributed by atoms with van der Waals surface area (Å²) in [6.07, 6.45) is 0. The second-order valence-electron chi connectivity index (χ2n) is 5.89. The van der Waals surface area contributed by atoms with Crippen LogP contribution in [0.1, 0.15) is 13.8 Å². The van der Waals surface area contributed by atoms with Crippen LogP contribution in [0.3, 0.4) is 0 Å². The third-order valence-electron chi connectivity index (χ3n) is 4.23. The van der Waals surface area contributed by atoms with Crippen LogP contribution in [0.4, 0.5) is 0 Å². The number of rotatable bonds is 4. The number of hydrogen-bond donors (Lipinski definition) is 1. The van der Waals surface area contributed by atoms with Gasteiger partial charge in [-0.2, -0.15) is 0 Å². The molecule has 0 fully saturated rings. The van der Waals surface area contributed by atoms with E-state index >= 15 is 0 Å². The van der Waals surface area contributed by atoms with Crippen LogP contribution in [-0.4, -0.2) is 10.6 Å². The van der Waals surface area contributed by atoms with Crippen molar-refractivity contribution in [2.24, 2.45) is 0 Å². The van der Waals surface area contributed by atoms with Crippen LogP contribution >= 0.6 is 7.26 Å². The molecule has 0 saturated carbocycles. The van der Waals surface area contributed by atoms with Gasteiger partial charge in [0.2, 0.25) is 0 Å². The molecule has 0 aliphatic heterocycles. The van der Waals surface area contributed by atoms with E-state index in [0.717, 1.165) is 5.44 Å². The Labute approximate surface area is 137 Å². The van der Waals surface area contributed by atoms with Crippen LogP contribution in [0.5, 0.6) is 0 Å². The lowest BCUT2D eigenvalue weighted by atomic mass is 10.4. The average molecular weight is 322 g/mol. The lowest BCUT2D eigenvalue weighted by molar-refractivity contribution is 1.09. The Kier molecular flexibility index (Phi) is 4.45. The van der Waals surface area contributed by atoms with E-state index in [-0.39, 0.29) is 5.56 Å². The van der Waals surface area contributed by atoms with Crippen molar-refractivity contribution in [3.63, 3.8) is 0 Å². The minimum Gasteiger partial charge on any atom is -0.293 e. The fraction of sp³-hybridized carbons (Fsp3) is 0.150. The molecular weight excluding hydrogens is 301 g/mol. The number of benzene rings is 2. The Hall–Kier alpha value is -2.18. The smallest absolute Gasteiger partial charge is 0.250 e. The van der Waals surface area contributed by atoms with Crippen molar-refractivity contribution in [1.29, 1.82) is 0 Å². The standard InChI is InChI=1S/C20H20NOP/c1-16(2)23(17-10-5-3-6-11-17,18-12-7-4-8-13-18)20-15-9-14-19(22)21-20/h3-16H,1-2H3/p+1. The Balaban J connectivity index is 2.39. The van der Waals surface area contributed by atoms with Crippen molar-refractivity contribution in [2.75, 3.05) is 0 Å². The second-order valence-corrected chi connectivity index (χ2v) is 9.88. The number of H-pyrrole nitrogens is 1. The van der Waals surface area contributed by atoms with E-state index in [9.17, 15) is 4.79 Å². The highest BCUT2D eigenvalue weighted by molar-refractivity contribution is 7.96. The minimum atomic E-state index is -1.91. The van der Waals surface area contributed by atoms with Crippen LogP contribution in [0, 0.1) is 0 Å². The van der Waals surface area contributed by atoms with Crippen molar-refractivity contribution < 1.29 is 0 Å². The van der Waals surface area contributed by atoms with Gasteiger partial charge in [0.1, 0.15) is 17.9 Å². The average Bonchev–Trinajstić information content (AvgIpc) is 2.57. The molecule has 2 nitrogen and oxygen atoms in total. The zero-order valence-corrected chi connectivity index (χ0v) is 14.3. The van der Waals surface area contributed by atoms with E-state index < -0.39 is 7.26 Å². The Morgan fingerprint density at radius 2 is 1.26 bits per heavy atom. The molecule has 0 atom stereocenters. The number of hydrogen-bond acceptors (Lipinski definition) is 1. The lowest BCUT2D eigenvalue weighted by Crippen LogP contribution is -2.39. The van der Waals surface area contributed by atoms with Gasteiger partial charge >= 0.3 is 0 Å². The molecule has 0 radical (unpaired) electrons. The summed E-state index contributed by atoms with van der Waals surface area (Å²) in [5.74, 6) is 0. The molecule has 0 saturated heterocycles. The number of pyridine rings is 1. The Morgan fingerprint density at radius 3 is 1.70 bits per heavy atom. The summed E-state index contributed by atoms with van der Waals surface area (Å²) in [5.41, 5.74) is 1.38. The molecule has 0 unspecified atom stereocenters. The van der Waals surface area contributed by atoms with Crippen LogP contribution in [0.25, 0.3) is 0 Å². The molecule has 23 heavy (non-hydrogen) atoms. The van der Waals surface area contributed by atoms with Gasteiger partial charge in [0.25, 0.3) is 5.56 Å². The van der Waals surface area contributed by atoms with Gasteiger partial charge in [0, 0.05) is 6.07 Å². The first kappa shape index (κ1) is 15.7. The quantitative estimate of drug-likeness (QED) is 0.736. The second kappa shape index (κ2) is 6.52. The maximum absolute atomic E-state index is 12.0. The van der Waals surface area contributed by atoms with Crippen LogP contribution in [-0.2, 0) is 0 Å². The van der Waals surface area contributed by atoms with Crippen LogP contribution in [0.15, 0.2) is 83.7 Å². The molecule has 1 heterocycles. The Bertz CT molecular complexity index is 785. The normalized spacial score (nSPS) is 11.6. The molecule has 0 aliphatic carbocycles. The van der Waals surface area contributed by atoms with Crippen molar-refractivity contribution in [1.82, 2.24) is 4.98 Å². The van der Waals surface area contributed by atoms with E-state index in [1.165, 1.54) is 10.6 Å². The predicted octanol–water partition coefficient (Wildman–Crippen LogP) is 3.08. The summed E-state index contributed by atoms with van der Waals surface area (Å²) in [6, 6.07) is 26.6. The summed E-state index contributed by atoms with van der Waals surface area (Å²) in [5, 5.41) is 2.59. The van der Waals surface area contributed by atoms with Gasteiger partial charge in [-0.05, 0) is 44.2 Å². The maximum atomic E-state index is 12.0. The molecule has 116 valence electrons. The van der Waals surface area contributed by atoms with Gasteiger partial charge in [0.05, 0.1) is 5.66 Å². The molecule has 0 spiro atoms. The summed E-state index contributed by atoms with van der Waals surface area (Å²) in [6.45, 7) is 4.50. The van der Waals surface area contributed by atoms with E-state index in [1.807, 2.05) is 18.2 Å². The number of aromatic nitrogens is 1. The van der Waals surface area contributed by atoms with Gasteiger partial charge in [-0.1, -0.05) is 42.5 Å². The van der Waals surface area contributed by atoms with Crippen molar-refractivity contribution >= 4 is 23.3 Å². The predicted molar refractivity (Wildman–Crippen MR) is 101 cm³/mol. The van der Waals surface area contributed by atoms with Gasteiger partial charge in [0.15, 0.2) is 5.44 Å². The van der Waals surface area contributed by atoms with Crippen LogP contribution < -0.4 is 21.6 Å². The van der Waals surface area contributed by atoms with E-state index in [4.69, 9.17) is 0 Å². The first-order chi connectivity index (χ1) is 11.2. The van der Waals surface area contributed by atoms with Gasteiger partial charge in [-0.15, -0.1) is 0 Å². The number of aromatic amines is 1. The third-order valence-corrected chi connectivity index (χ3v) is 9.03. The van der Waals surface area contributed by atoms with Gasteiger partial charge in [-0.25, -0.2) is 0 Å². The van der Waals surface area contributed by atoms with Gasteiger partial charge < -0.3 is 0 Å². The maximum Gasteiger partial charge on any atom is 0.250 e. The lowest BCUT2D eigenvalue weighted by Gasteiger charge is -2.30. The number of nitrogens with one attached hydrogen (secondary N) is 1. The molecule has 3 heteroatoms. The van der Waals surface area contributed by atoms with E-state index in [2.05, 4.69) is 73.4 Å². The molecule has 1 N–H and O–H groups in total. The molecule has 1 aromatic heterocycles. The first-order valence-electron chi connectivity index (χ1n) is 7.85. The largest absolute Gasteiger partial charge is 0.293 e. The molecular formula is C20H21NOP+. The van der Waals surface area contributed by atoms with E-state index in [0.29, 0.717) is 5.66 Å². The van der Waals surface area contributed by atoms with E-state index in [1.54, 1.807) is 6.07 Å². The molecule has 0 aliphatic rings.